The van der Waals surface area contributed by atoms with Crippen LogP contribution >= 0.6 is 0 Å². The van der Waals surface area contributed by atoms with Gasteiger partial charge in [0, 0.05) is 11.9 Å². The van der Waals surface area contributed by atoms with Crippen molar-refractivity contribution in [2.75, 3.05) is 0 Å². The van der Waals surface area contributed by atoms with Crippen LogP contribution in [-0.4, -0.2) is 22.0 Å². The van der Waals surface area contributed by atoms with E-state index >= 15 is 0 Å². The lowest BCUT2D eigenvalue weighted by atomic mass is 9.92. The lowest BCUT2D eigenvalue weighted by molar-refractivity contribution is -0.136. The third-order valence-electron chi connectivity index (χ3n) is 5.03. The standard InChI is InChI=1S/C21H25NO2/c1-14-4-8-17(9-5-14)18-10-7-16(3)19-11-6-15(2)13-22(19)20(18)12-21(23)24/h4-6,8-9,11,13,16,19H,7,10,12H2,1-3H3,(H,23,24). The molecule has 0 bridgehead atoms. The molecule has 0 spiro atoms. The molecule has 1 aromatic rings. The van der Waals surface area contributed by atoms with Crippen LogP contribution in [0.4, 0.5) is 0 Å². The lowest BCUT2D eigenvalue weighted by Gasteiger charge is -2.35. The Morgan fingerprint density at radius 1 is 1.25 bits per heavy atom. The predicted octanol–water partition coefficient (Wildman–Crippen LogP) is 4.75. The fraction of sp³-hybridized carbons (Fsp3) is 0.381. The van der Waals surface area contributed by atoms with Crippen molar-refractivity contribution in [1.82, 2.24) is 4.90 Å². The SMILES string of the molecule is CC1=CN2C(CC(=O)O)=C(c3ccc(C)cc3)CCC(C)C2C=C1. The number of carboxylic acids is 1. The quantitative estimate of drug-likeness (QED) is 0.872. The van der Waals surface area contributed by atoms with Crippen LogP contribution in [0.15, 0.2) is 53.9 Å². The number of hydrogen-bond acceptors (Lipinski definition) is 2. The average molecular weight is 323 g/mol. The van der Waals surface area contributed by atoms with E-state index in [-0.39, 0.29) is 12.5 Å². The highest BCUT2D eigenvalue weighted by atomic mass is 16.4. The summed E-state index contributed by atoms with van der Waals surface area (Å²) in [6.45, 7) is 6.39. The number of benzene rings is 1. The molecular weight excluding hydrogens is 298 g/mol. The Labute approximate surface area is 144 Å². The molecule has 2 atom stereocenters. The van der Waals surface area contributed by atoms with E-state index in [0.717, 1.165) is 29.7 Å². The number of hydrogen-bond donors (Lipinski definition) is 1. The van der Waals surface area contributed by atoms with E-state index in [1.165, 1.54) is 11.1 Å². The average Bonchev–Trinajstić information content (AvgIpc) is 2.66. The molecule has 2 aliphatic rings. The molecule has 1 N–H and O–H groups in total. The first-order valence-electron chi connectivity index (χ1n) is 8.61. The topological polar surface area (TPSA) is 40.5 Å². The summed E-state index contributed by atoms with van der Waals surface area (Å²) in [7, 11) is 0. The van der Waals surface area contributed by atoms with Gasteiger partial charge in [-0.15, -0.1) is 0 Å². The van der Waals surface area contributed by atoms with Crippen molar-refractivity contribution >= 4 is 11.5 Å². The second-order valence-electron chi connectivity index (χ2n) is 7.01. The smallest absolute Gasteiger partial charge is 0.309 e. The summed E-state index contributed by atoms with van der Waals surface area (Å²) >= 11 is 0. The fourth-order valence-corrected chi connectivity index (χ4v) is 3.66. The minimum atomic E-state index is -0.775. The molecule has 3 rings (SSSR count). The van der Waals surface area contributed by atoms with Crippen molar-refractivity contribution in [2.45, 2.75) is 46.1 Å². The normalized spacial score (nSPS) is 23.6. The first-order valence-corrected chi connectivity index (χ1v) is 8.61. The van der Waals surface area contributed by atoms with Gasteiger partial charge in [0.15, 0.2) is 0 Å². The molecule has 2 aliphatic heterocycles. The van der Waals surface area contributed by atoms with Crippen molar-refractivity contribution in [3.05, 3.63) is 65.0 Å². The monoisotopic (exact) mass is 323 g/mol. The maximum Gasteiger partial charge on any atom is 0.309 e. The third kappa shape index (κ3) is 3.30. The van der Waals surface area contributed by atoms with E-state index in [1.807, 2.05) is 0 Å². The Hall–Kier alpha value is -2.29. The fourth-order valence-electron chi connectivity index (χ4n) is 3.66. The maximum absolute atomic E-state index is 11.5. The molecule has 0 amide bonds. The van der Waals surface area contributed by atoms with Crippen molar-refractivity contribution in [3.63, 3.8) is 0 Å². The van der Waals surface area contributed by atoms with Crippen molar-refractivity contribution in [3.8, 4) is 0 Å². The van der Waals surface area contributed by atoms with Crippen LogP contribution < -0.4 is 0 Å². The van der Waals surface area contributed by atoms with Crippen LogP contribution in [0.1, 0.15) is 44.2 Å². The Balaban J connectivity index is 2.14. The zero-order valence-electron chi connectivity index (χ0n) is 14.6. The van der Waals surface area contributed by atoms with E-state index in [0.29, 0.717) is 5.92 Å². The van der Waals surface area contributed by atoms with E-state index in [1.54, 1.807) is 0 Å². The molecular formula is C21H25NO2. The van der Waals surface area contributed by atoms with Gasteiger partial charge in [0.25, 0.3) is 0 Å². The second kappa shape index (κ2) is 6.68. The van der Waals surface area contributed by atoms with Crippen LogP contribution in [0.3, 0.4) is 0 Å². The zero-order valence-corrected chi connectivity index (χ0v) is 14.6. The van der Waals surface area contributed by atoms with Crippen molar-refractivity contribution in [2.24, 2.45) is 5.92 Å². The lowest BCUT2D eigenvalue weighted by Crippen LogP contribution is -2.35. The van der Waals surface area contributed by atoms with E-state index in [2.05, 4.69) is 68.3 Å². The molecule has 0 aliphatic carbocycles. The number of carbonyl (C=O) groups is 1. The molecule has 2 unspecified atom stereocenters. The van der Waals surface area contributed by atoms with E-state index < -0.39 is 5.97 Å². The number of allylic oxidation sites excluding steroid dienone is 3. The van der Waals surface area contributed by atoms with Crippen LogP contribution in [-0.2, 0) is 4.79 Å². The zero-order chi connectivity index (χ0) is 17.3. The number of nitrogens with zero attached hydrogens (tertiary/aromatic N) is 1. The number of aliphatic carboxylic acids is 1. The van der Waals surface area contributed by atoms with Gasteiger partial charge in [-0.3, -0.25) is 4.79 Å². The summed E-state index contributed by atoms with van der Waals surface area (Å²) in [5.74, 6) is -0.291. The molecule has 24 heavy (non-hydrogen) atoms. The molecule has 2 heterocycles. The van der Waals surface area contributed by atoms with Crippen LogP contribution in [0.2, 0.25) is 0 Å². The van der Waals surface area contributed by atoms with E-state index in [4.69, 9.17) is 0 Å². The molecule has 0 aromatic heterocycles. The van der Waals surface area contributed by atoms with Gasteiger partial charge in [-0.2, -0.15) is 0 Å². The maximum atomic E-state index is 11.5. The molecule has 1 aromatic carbocycles. The molecule has 0 saturated carbocycles. The summed E-state index contributed by atoms with van der Waals surface area (Å²) in [6, 6.07) is 8.68. The van der Waals surface area contributed by atoms with Gasteiger partial charge in [-0.25, -0.2) is 0 Å². The summed E-state index contributed by atoms with van der Waals surface area (Å²) in [5.41, 5.74) is 5.63. The van der Waals surface area contributed by atoms with Crippen LogP contribution in [0.5, 0.6) is 0 Å². The van der Waals surface area contributed by atoms with Gasteiger partial charge >= 0.3 is 5.97 Å². The highest BCUT2D eigenvalue weighted by Crippen LogP contribution is 2.38. The first kappa shape index (κ1) is 16.6. The first-order chi connectivity index (χ1) is 11.5. The Morgan fingerprint density at radius 2 is 1.96 bits per heavy atom. The number of fused-ring (bicyclic) bond motifs is 1. The van der Waals surface area contributed by atoms with Gasteiger partial charge in [0.2, 0.25) is 0 Å². The molecule has 0 fully saturated rings. The molecule has 0 radical (unpaired) electrons. The number of rotatable bonds is 3. The minimum absolute atomic E-state index is 0.0596. The molecule has 3 heteroatoms. The van der Waals surface area contributed by atoms with Gasteiger partial charge in [-0.05, 0) is 49.3 Å². The summed E-state index contributed by atoms with van der Waals surface area (Å²) < 4.78 is 0. The molecule has 0 saturated heterocycles. The summed E-state index contributed by atoms with van der Waals surface area (Å²) in [5, 5.41) is 9.49. The van der Waals surface area contributed by atoms with Gasteiger partial charge < -0.3 is 10.0 Å². The highest BCUT2D eigenvalue weighted by molar-refractivity contribution is 5.77. The van der Waals surface area contributed by atoms with Gasteiger partial charge in [-0.1, -0.05) is 48.9 Å². The minimum Gasteiger partial charge on any atom is -0.481 e. The second-order valence-corrected chi connectivity index (χ2v) is 7.01. The number of carboxylic acid groups (broad SMARTS) is 1. The summed E-state index contributed by atoms with van der Waals surface area (Å²) in [4.78, 5) is 13.8. The number of aryl methyl sites for hydroxylation is 1. The van der Waals surface area contributed by atoms with Crippen LogP contribution in [0.25, 0.3) is 5.57 Å². The van der Waals surface area contributed by atoms with Crippen LogP contribution in [0, 0.1) is 12.8 Å². The third-order valence-corrected chi connectivity index (χ3v) is 5.03. The Bertz CT molecular complexity index is 725. The Morgan fingerprint density at radius 3 is 2.62 bits per heavy atom. The van der Waals surface area contributed by atoms with Crippen molar-refractivity contribution < 1.29 is 9.90 Å². The predicted molar refractivity (Wildman–Crippen MR) is 97.3 cm³/mol. The van der Waals surface area contributed by atoms with Crippen molar-refractivity contribution in [1.29, 1.82) is 0 Å². The molecule has 126 valence electrons. The van der Waals surface area contributed by atoms with Gasteiger partial charge in [0.05, 0.1) is 12.5 Å². The molecule has 3 nitrogen and oxygen atoms in total. The summed E-state index contributed by atoms with van der Waals surface area (Å²) in [6.07, 6.45) is 8.52. The van der Waals surface area contributed by atoms with Gasteiger partial charge in [0.1, 0.15) is 0 Å². The van der Waals surface area contributed by atoms with E-state index in [9.17, 15) is 9.90 Å². The Kier molecular flexibility index (Phi) is 4.61. The highest BCUT2D eigenvalue weighted by Gasteiger charge is 2.31. The largest absolute Gasteiger partial charge is 0.481 e.